The molecule has 0 amide bonds. The molecule has 0 fully saturated rings. The Labute approximate surface area is 126 Å². The zero-order chi connectivity index (χ0) is 15.9. The molecule has 3 N–H and O–H groups in total. The average molecular weight is 316 g/mol. The summed E-state index contributed by atoms with van der Waals surface area (Å²) in [4.78, 5) is 0. The van der Waals surface area contributed by atoms with Crippen molar-refractivity contribution in [2.75, 3.05) is 25.7 Å². The Balaban J connectivity index is 2.90. The van der Waals surface area contributed by atoms with Gasteiger partial charge in [-0.05, 0) is 25.0 Å². The average Bonchev–Trinajstić information content (AvgIpc) is 2.51. The molecule has 1 atom stereocenters. The molecule has 0 heterocycles. The summed E-state index contributed by atoms with van der Waals surface area (Å²) in [6.07, 6.45) is 1.10. The van der Waals surface area contributed by atoms with Crippen LogP contribution in [0.5, 0.6) is 11.5 Å². The maximum Gasteiger partial charge on any atom is 0.150 e. The first-order valence-electron chi connectivity index (χ1n) is 6.86. The molecule has 0 saturated carbocycles. The summed E-state index contributed by atoms with van der Waals surface area (Å²) in [6, 6.07) is 5.25. The van der Waals surface area contributed by atoms with Gasteiger partial charge in [-0.2, -0.15) is 0 Å². The van der Waals surface area contributed by atoms with Gasteiger partial charge in [0.05, 0.1) is 31.6 Å². The highest BCUT2D eigenvalue weighted by molar-refractivity contribution is 7.91. The number of sulfone groups is 1. The third-order valence-corrected chi connectivity index (χ3v) is 5.19. The van der Waals surface area contributed by atoms with Crippen molar-refractivity contribution >= 4 is 9.84 Å². The topological polar surface area (TPSA) is 90.7 Å². The first-order chi connectivity index (χ1) is 9.99. The fourth-order valence-electron chi connectivity index (χ4n) is 2.19. The van der Waals surface area contributed by atoms with E-state index in [-0.39, 0.29) is 17.5 Å². The van der Waals surface area contributed by atoms with Gasteiger partial charge in [-0.15, -0.1) is 0 Å². The Kier molecular flexibility index (Phi) is 6.94. The summed E-state index contributed by atoms with van der Waals surface area (Å²) in [6.45, 7) is 1.65. The Hall–Kier alpha value is -1.31. The van der Waals surface area contributed by atoms with E-state index >= 15 is 0 Å². The van der Waals surface area contributed by atoms with Crippen molar-refractivity contribution in [2.24, 2.45) is 5.84 Å². The Morgan fingerprint density at radius 1 is 1.24 bits per heavy atom. The summed E-state index contributed by atoms with van der Waals surface area (Å²) in [7, 11) is 0.186. The second kappa shape index (κ2) is 8.21. The minimum absolute atomic E-state index is 0.152. The zero-order valence-corrected chi connectivity index (χ0v) is 13.6. The van der Waals surface area contributed by atoms with E-state index in [2.05, 4.69) is 5.43 Å². The van der Waals surface area contributed by atoms with Gasteiger partial charge in [0.25, 0.3) is 0 Å². The van der Waals surface area contributed by atoms with Gasteiger partial charge in [0, 0.05) is 5.75 Å². The number of hydrogen-bond donors (Lipinski definition) is 2. The molecule has 1 aromatic carbocycles. The van der Waals surface area contributed by atoms with Crippen LogP contribution < -0.4 is 20.7 Å². The van der Waals surface area contributed by atoms with Crippen LogP contribution in [0.25, 0.3) is 0 Å². The molecule has 0 radical (unpaired) electrons. The lowest BCUT2D eigenvalue weighted by atomic mass is 10.0. The van der Waals surface area contributed by atoms with Gasteiger partial charge in [-0.3, -0.25) is 11.3 Å². The lowest BCUT2D eigenvalue weighted by Crippen LogP contribution is -2.29. The molecule has 6 nitrogen and oxygen atoms in total. The van der Waals surface area contributed by atoms with Crippen LogP contribution in [0.2, 0.25) is 0 Å². The van der Waals surface area contributed by atoms with Crippen LogP contribution in [0.3, 0.4) is 0 Å². The summed E-state index contributed by atoms with van der Waals surface area (Å²) >= 11 is 0. The summed E-state index contributed by atoms with van der Waals surface area (Å²) in [5.74, 6) is 7.26. The largest absolute Gasteiger partial charge is 0.496 e. The minimum Gasteiger partial charge on any atom is -0.496 e. The van der Waals surface area contributed by atoms with Gasteiger partial charge in [0.1, 0.15) is 21.3 Å². The van der Waals surface area contributed by atoms with Gasteiger partial charge in [-0.25, -0.2) is 8.42 Å². The lowest BCUT2D eigenvalue weighted by molar-refractivity contribution is 0.366. The molecule has 0 aliphatic heterocycles. The van der Waals surface area contributed by atoms with Crippen molar-refractivity contribution in [3.05, 3.63) is 23.8 Å². The number of nitrogens with two attached hydrogens (primary N) is 1. The number of benzene rings is 1. The number of nitrogens with one attached hydrogen (secondary N) is 1. The van der Waals surface area contributed by atoms with Crippen LogP contribution in [0.15, 0.2) is 18.2 Å². The van der Waals surface area contributed by atoms with E-state index in [1.54, 1.807) is 21.1 Å². The molecule has 0 aliphatic carbocycles. The summed E-state index contributed by atoms with van der Waals surface area (Å²) in [5.41, 5.74) is 3.52. The van der Waals surface area contributed by atoms with Gasteiger partial charge in [0.2, 0.25) is 0 Å². The lowest BCUT2D eigenvalue weighted by Gasteiger charge is -2.21. The first kappa shape index (κ1) is 17.7. The Morgan fingerprint density at radius 2 is 1.81 bits per heavy atom. The van der Waals surface area contributed by atoms with Crippen molar-refractivity contribution in [1.82, 2.24) is 5.43 Å². The molecular weight excluding hydrogens is 292 g/mol. The second-order valence-corrected chi connectivity index (χ2v) is 7.15. The highest BCUT2D eigenvalue weighted by Crippen LogP contribution is 2.35. The number of ether oxygens (including phenoxy) is 2. The Morgan fingerprint density at radius 3 is 2.24 bits per heavy atom. The van der Waals surface area contributed by atoms with Gasteiger partial charge in [0.15, 0.2) is 0 Å². The van der Waals surface area contributed by atoms with E-state index in [4.69, 9.17) is 15.3 Å². The molecular formula is C14H24N2O4S. The molecule has 0 aromatic heterocycles. The molecule has 120 valence electrons. The van der Waals surface area contributed by atoms with Crippen molar-refractivity contribution in [3.63, 3.8) is 0 Å². The van der Waals surface area contributed by atoms with Crippen molar-refractivity contribution in [3.8, 4) is 11.5 Å². The number of methoxy groups -OCH3 is 2. The smallest absolute Gasteiger partial charge is 0.150 e. The number of rotatable bonds is 9. The maximum atomic E-state index is 11.6. The highest BCUT2D eigenvalue weighted by Gasteiger charge is 2.20. The van der Waals surface area contributed by atoms with Crippen LogP contribution in [0.4, 0.5) is 0 Å². The fraction of sp³-hybridized carbons (Fsp3) is 0.571. The normalized spacial score (nSPS) is 13.0. The van der Waals surface area contributed by atoms with Crippen LogP contribution in [0.1, 0.15) is 31.4 Å². The third kappa shape index (κ3) is 4.87. The van der Waals surface area contributed by atoms with Gasteiger partial charge >= 0.3 is 0 Å². The Bertz CT molecular complexity index is 524. The molecule has 0 saturated heterocycles. The van der Waals surface area contributed by atoms with Crippen LogP contribution in [0, 0.1) is 0 Å². The first-order valence-corrected chi connectivity index (χ1v) is 8.68. The van der Waals surface area contributed by atoms with E-state index in [0.717, 1.165) is 5.56 Å². The maximum absolute atomic E-state index is 11.6. The van der Waals surface area contributed by atoms with Crippen molar-refractivity contribution < 1.29 is 17.9 Å². The molecule has 7 heteroatoms. The van der Waals surface area contributed by atoms with Crippen molar-refractivity contribution in [2.45, 2.75) is 25.8 Å². The molecule has 1 unspecified atom stereocenters. The van der Waals surface area contributed by atoms with E-state index in [1.165, 1.54) is 0 Å². The van der Waals surface area contributed by atoms with Crippen LogP contribution in [-0.4, -0.2) is 34.1 Å². The summed E-state index contributed by atoms with van der Waals surface area (Å²) < 4.78 is 33.8. The number of hydrogen-bond acceptors (Lipinski definition) is 6. The van der Waals surface area contributed by atoms with Crippen LogP contribution in [-0.2, 0) is 9.84 Å². The standard InChI is InChI=1S/C14H24N2O4S/c1-4-21(17,18)10-6-7-11(16-15)14-12(19-2)8-5-9-13(14)20-3/h5,8-9,11,16H,4,6-7,10,15H2,1-3H3. The fourth-order valence-corrected chi connectivity index (χ4v) is 3.08. The van der Waals surface area contributed by atoms with E-state index in [0.29, 0.717) is 24.3 Å². The van der Waals surface area contributed by atoms with E-state index in [1.807, 2.05) is 18.2 Å². The predicted octanol–water partition coefficient (Wildman–Crippen LogP) is 1.42. The molecule has 21 heavy (non-hydrogen) atoms. The number of hydrazine groups is 1. The quantitative estimate of drug-likeness (QED) is 0.529. The van der Waals surface area contributed by atoms with E-state index in [9.17, 15) is 8.42 Å². The minimum atomic E-state index is -2.97. The molecule has 1 rings (SSSR count). The SMILES string of the molecule is CCS(=O)(=O)CCCC(NN)c1c(OC)cccc1OC. The molecule has 0 spiro atoms. The molecule has 0 bridgehead atoms. The van der Waals surface area contributed by atoms with Crippen molar-refractivity contribution in [1.29, 1.82) is 0 Å². The van der Waals surface area contributed by atoms with Gasteiger partial charge in [-0.1, -0.05) is 13.0 Å². The predicted molar refractivity (Wildman–Crippen MR) is 83.2 cm³/mol. The molecule has 0 aliphatic rings. The van der Waals surface area contributed by atoms with Gasteiger partial charge < -0.3 is 9.47 Å². The summed E-state index contributed by atoms with van der Waals surface area (Å²) in [5, 5.41) is 0. The third-order valence-electron chi connectivity index (χ3n) is 3.40. The highest BCUT2D eigenvalue weighted by atomic mass is 32.2. The monoisotopic (exact) mass is 316 g/mol. The zero-order valence-electron chi connectivity index (χ0n) is 12.8. The van der Waals surface area contributed by atoms with Crippen LogP contribution >= 0.6 is 0 Å². The second-order valence-electron chi connectivity index (χ2n) is 4.67. The molecule has 1 aromatic rings. The van der Waals surface area contributed by atoms with E-state index < -0.39 is 9.84 Å².